The molecule has 4 heteroatoms. The van der Waals surface area contributed by atoms with E-state index in [-0.39, 0.29) is 6.10 Å². The molecule has 1 aliphatic rings. The van der Waals surface area contributed by atoms with Gasteiger partial charge in [-0.1, -0.05) is 36.8 Å². The molecule has 4 nitrogen and oxygen atoms in total. The first-order valence-electron chi connectivity index (χ1n) is 6.51. The maximum atomic E-state index is 5.96. The van der Waals surface area contributed by atoms with Crippen molar-refractivity contribution in [2.75, 3.05) is 0 Å². The van der Waals surface area contributed by atoms with Gasteiger partial charge < -0.3 is 4.74 Å². The monoisotopic (exact) mass is 243 g/mol. The van der Waals surface area contributed by atoms with Crippen molar-refractivity contribution in [2.24, 2.45) is 0 Å². The topological polar surface area (TPSA) is 39.9 Å². The number of hydrogen-bond acceptors (Lipinski definition) is 3. The smallest absolute Gasteiger partial charge is 0.241 e. The lowest BCUT2D eigenvalue weighted by Gasteiger charge is -2.24. The summed E-state index contributed by atoms with van der Waals surface area (Å²) < 4.78 is 7.78. The van der Waals surface area contributed by atoms with Crippen molar-refractivity contribution in [1.82, 2.24) is 15.0 Å². The summed E-state index contributed by atoms with van der Waals surface area (Å²) in [5.74, 6) is 0.814. The van der Waals surface area contributed by atoms with Gasteiger partial charge in [0.05, 0.1) is 5.69 Å². The molecule has 18 heavy (non-hydrogen) atoms. The van der Waals surface area contributed by atoms with Crippen LogP contribution in [0.1, 0.15) is 44.1 Å². The number of aryl methyl sites for hydroxylation is 1. The van der Waals surface area contributed by atoms with E-state index < -0.39 is 0 Å². The van der Waals surface area contributed by atoms with Gasteiger partial charge in [0.1, 0.15) is 11.8 Å². The number of hydrogen-bond donors (Lipinski definition) is 0. The van der Waals surface area contributed by atoms with Crippen molar-refractivity contribution in [3.8, 4) is 11.6 Å². The maximum Gasteiger partial charge on any atom is 0.241 e. The zero-order chi connectivity index (χ0) is 12.5. The molecule has 0 radical (unpaired) electrons. The van der Waals surface area contributed by atoms with Gasteiger partial charge in [0, 0.05) is 5.56 Å². The number of para-hydroxylation sites is 1. The standard InChI is InChI=1S/C14H17N3O/c1-3-4-8-12-14-17(16-15-12)13-9-6-5-7-11(13)10(2)18-14/h5-7,9-10H,3-4,8H2,1-2H3. The second-order valence-corrected chi connectivity index (χ2v) is 4.68. The molecule has 0 bridgehead atoms. The van der Waals surface area contributed by atoms with E-state index in [0.29, 0.717) is 0 Å². The van der Waals surface area contributed by atoms with Gasteiger partial charge in [-0.05, 0) is 25.8 Å². The van der Waals surface area contributed by atoms with E-state index in [9.17, 15) is 0 Å². The van der Waals surface area contributed by atoms with Gasteiger partial charge in [0.25, 0.3) is 0 Å². The van der Waals surface area contributed by atoms with Gasteiger partial charge >= 0.3 is 0 Å². The summed E-state index contributed by atoms with van der Waals surface area (Å²) in [5, 5.41) is 8.48. The van der Waals surface area contributed by atoms with E-state index in [1.807, 2.05) is 16.8 Å². The van der Waals surface area contributed by atoms with E-state index in [1.54, 1.807) is 0 Å². The molecule has 0 saturated carbocycles. The summed E-state index contributed by atoms with van der Waals surface area (Å²) in [5.41, 5.74) is 3.22. The van der Waals surface area contributed by atoms with Crippen LogP contribution in [0, 0.1) is 0 Å². The summed E-state index contributed by atoms with van der Waals surface area (Å²) >= 11 is 0. The lowest BCUT2D eigenvalue weighted by molar-refractivity contribution is 0.196. The summed E-state index contributed by atoms with van der Waals surface area (Å²) in [6, 6.07) is 8.19. The maximum absolute atomic E-state index is 5.96. The fourth-order valence-corrected chi connectivity index (χ4v) is 2.34. The summed E-state index contributed by atoms with van der Waals surface area (Å²) in [4.78, 5) is 0. The fourth-order valence-electron chi connectivity index (χ4n) is 2.34. The Morgan fingerprint density at radius 1 is 1.33 bits per heavy atom. The molecule has 0 aliphatic carbocycles. The minimum atomic E-state index is 0.0626. The Bertz CT molecular complexity index is 562. The Kier molecular flexibility index (Phi) is 2.78. The first-order valence-corrected chi connectivity index (χ1v) is 6.51. The van der Waals surface area contributed by atoms with Gasteiger partial charge in [-0.2, -0.15) is 4.68 Å². The molecule has 0 N–H and O–H groups in total. The Hall–Kier alpha value is -1.84. The second kappa shape index (κ2) is 4.44. The third-order valence-corrected chi connectivity index (χ3v) is 3.35. The first-order chi connectivity index (χ1) is 8.81. The zero-order valence-electron chi connectivity index (χ0n) is 10.8. The average molecular weight is 243 g/mol. The van der Waals surface area contributed by atoms with Crippen LogP contribution < -0.4 is 4.74 Å². The van der Waals surface area contributed by atoms with Crippen molar-refractivity contribution in [3.63, 3.8) is 0 Å². The lowest BCUT2D eigenvalue weighted by Crippen LogP contribution is -2.17. The highest BCUT2D eigenvalue weighted by Crippen LogP contribution is 2.35. The summed E-state index contributed by atoms with van der Waals surface area (Å²) in [6.07, 6.45) is 3.26. The molecule has 0 amide bonds. The zero-order valence-corrected chi connectivity index (χ0v) is 10.8. The fraction of sp³-hybridized carbons (Fsp3) is 0.429. The van der Waals surface area contributed by atoms with Gasteiger partial charge in [-0.15, -0.1) is 5.10 Å². The highest BCUT2D eigenvalue weighted by atomic mass is 16.5. The first kappa shape index (κ1) is 11.3. The average Bonchev–Trinajstić information content (AvgIpc) is 2.80. The highest BCUT2D eigenvalue weighted by molar-refractivity contribution is 5.47. The number of aromatic nitrogens is 3. The van der Waals surface area contributed by atoms with Crippen LogP contribution in [0.3, 0.4) is 0 Å². The Labute approximate surface area is 107 Å². The van der Waals surface area contributed by atoms with Crippen molar-refractivity contribution in [1.29, 1.82) is 0 Å². The normalized spacial score (nSPS) is 16.9. The molecule has 2 aromatic rings. The Morgan fingerprint density at radius 3 is 3.00 bits per heavy atom. The van der Waals surface area contributed by atoms with Gasteiger partial charge in [-0.3, -0.25) is 0 Å². The Balaban J connectivity index is 2.05. The molecule has 1 aromatic heterocycles. The van der Waals surface area contributed by atoms with E-state index in [2.05, 4.69) is 36.3 Å². The van der Waals surface area contributed by atoms with Crippen LogP contribution in [-0.4, -0.2) is 15.0 Å². The molecule has 0 saturated heterocycles. The molecule has 0 fully saturated rings. The van der Waals surface area contributed by atoms with Crippen LogP contribution in [0.2, 0.25) is 0 Å². The predicted molar refractivity (Wildman–Crippen MR) is 69.0 cm³/mol. The van der Waals surface area contributed by atoms with Gasteiger partial charge in [0.15, 0.2) is 0 Å². The molecule has 94 valence electrons. The number of fused-ring (bicyclic) bond motifs is 3. The van der Waals surface area contributed by atoms with Crippen molar-refractivity contribution in [3.05, 3.63) is 35.5 Å². The van der Waals surface area contributed by atoms with Crippen LogP contribution >= 0.6 is 0 Å². The number of rotatable bonds is 3. The largest absolute Gasteiger partial charge is 0.468 e. The van der Waals surface area contributed by atoms with E-state index in [0.717, 1.165) is 42.1 Å². The molecule has 1 atom stereocenters. The molecule has 1 aliphatic heterocycles. The SMILES string of the molecule is CCCCc1nnn2c1OC(C)c1ccccc1-2. The molecule has 0 spiro atoms. The van der Waals surface area contributed by atoms with Crippen LogP contribution in [0.15, 0.2) is 24.3 Å². The van der Waals surface area contributed by atoms with Crippen molar-refractivity contribution < 1.29 is 4.74 Å². The van der Waals surface area contributed by atoms with Crippen LogP contribution in [0.5, 0.6) is 5.88 Å². The quantitative estimate of drug-likeness (QED) is 0.831. The molecule has 2 heterocycles. The Morgan fingerprint density at radius 2 is 2.17 bits per heavy atom. The molecule has 1 aromatic carbocycles. The van der Waals surface area contributed by atoms with Crippen LogP contribution in [-0.2, 0) is 6.42 Å². The molecule has 3 rings (SSSR count). The number of ether oxygens (including phenoxy) is 1. The minimum absolute atomic E-state index is 0.0626. The van der Waals surface area contributed by atoms with Gasteiger partial charge in [0.2, 0.25) is 5.88 Å². The number of unbranched alkanes of at least 4 members (excludes halogenated alkanes) is 1. The molecular weight excluding hydrogens is 226 g/mol. The van der Waals surface area contributed by atoms with Crippen LogP contribution in [0.25, 0.3) is 5.69 Å². The lowest BCUT2D eigenvalue weighted by atomic mass is 10.1. The third kappa shape index (κ3) is 1.68. The summed E-state index contributed by atoms with van der Waals surface area (Å²) in [7, 11) is 0. The van der Waals surface area contributed by atoms with Gasteiger partial charge in [-0.25, -0.2) is 0 Å². The molecule has 1 unspecified atom stereocenters. The van der Waals surface area contributed by atoms with E-state index >= 15 is 0 Å². The second-order valence-electron chi connectivity index (χ2n) is 4.68. The third-order valence-electron chi connectivity index (χ3n) is 3.35. The number of nitrogens with zero attached hydrogens (tertiary/aromatic N) is 3. The van der Waals surface area contributed by atoms with E-state index in [4.69, 9.17) is 4.74 Å². The molecular formula is C14H17N3O. The summed E-state index contributed by atoms with van der Waals surface area (Å²) in [6.45, 7) is 4.24. The highest BCUT2D eigenvalue weighted by Gasteiger charge is 2.26. The van der Waals surface area contributed by atoms with E-state index in [1.165, 1.54) is 0 Å². The predicted octanol–water partition coefficient (Wildman–Crippen LogP) is 3.06. The van der Waals surface area contributed by atoms with Crippen molar-refractivity contribution in [2.45, 2.75) is 39.2 Å². The van der Waals surface area contributed by atoms with Crippen LogP contribution in [0.4, 0.5) is 0 Å². The minimum Gasteiger partial charge on any atom is -0.468 e. The number of benzene rings is 1. The van der Waals surface area contributed by atoms with Crippen molar-refractivity contribution >= 4 is 0 Å².